The molecule has 122 valence electrons. The number of hydrogen-bond acceptors (Lipinski definition) is 3. The lowest BCUT2D eigenvalue weighted by molar-refractivity contribution is -0.138. The summed E-state index contributed by atoms with van der Waals surface area (Å²) in [5.41, 5.74) is 0.613. The van der Waals surface area contributed by atoms with Crippen LogP contribution in [0.2, 0.25) is 0 Å². The van der Waals surface area contributed by atoms with Crippen molar-refractivity contribution >= 4 is 11.6 Å². The number of alkyl halides is 3. The summed E-state index contributed by atoms with van der Waals surface area (Å²) in [6.45, 7) is 2.85. The molecule has 2 rings (SSSR count). The van der Waals surface area contributed by atoms with Crippen molar-refractivity contribution in [2.45, 2.75) is 26.6 Å². The Morgan fingerprint density at radius 1 is 1.26 bits per heavy atom. The molecule has 0 aliphatic rings. The number of aliphatic hydroxyl groups excluding tert-OH is 1. The molecule has 1 aromatic heterocycles. The molecule has 0 atom stereocenters. The average molecular weight is 324 g/mol. The van der Waals surface area contributed by atoms with Gasteiger partial charge in [0.15, 0.2) is 0 Å². The fourth-order valence-corrected chi connectivity index (χ4v) is 2.03. The SMILES string of the molecule is Cc1cc(C(=O)Nc2ccc(CO)c(C(F)(F)F)c2)cnc1C. The number of halogens is 3. The summed E-state index contributed by atoms with van der Waals surface area (Å²) in [5.74, 6) is -0.550. The van der Waals surface area contributed by atoms with Crippen LogP contribution < -0.4 is 5.32 Å². The zero-order valence-electron chi connectivity index (χ0n) is 12.5. The maximum Gasteiger partial charge on any atom is 0.416 e. The fourth-order valence-electron chi connectivity index (χ4n) is 2.03. The molecular formula is C16H15F3N2O2. The van der Waals surface area contributed by atoms with E-state index >= 15 is 0 Å². The van der Waals surface area contributed by atoms with Gasteiger partial charge in [-0.25, -0.2) is 0 Å². The Morgan fingerprint density at radius 2 is 1.96 bits per heavy atom. The molecule has 1 aromatic carbocycles. The summed E-state index contributed by atoms with van der Waals surface area (Å²) in [5, 5.41) is 11.4. The van der Waals surface area contributed by atoms with Crippen LogP contribution in [0.4, 0.5) is 18.9 Å². The highest BCUT2D eigenvalue weighted by atomic mass is 19.4. The quantitative estimate of drug-likeness (QED) is 0.909. The Balaban J connectivity index is 2.29. The number of nitrogens with zero attached hydrogens (tertiary/aromatic N) is 1. The summed E-state index contributed by atoms with van der Waals surface area (Å²) < 4.78 is 38.8. The summed E-state index contributed by atoms with van der Waals surface area (Å²) in [6, 6.07) is 4.87. The molecule has 0 fully saturated rings. The van der Waals surface area contributed by atoms with Gasteiger partial charge in [0.05, 0.1) is 17.7 Å². The van der Waals surface area contributed by atoms with Crippen molar-refractivity contribution in [2.75, 3.05) is 5.32 Å². The van der Waals surface area contributed by atoms with Crippen molar-refractivity contribution in [3.63, 3.8) is 0 Å². The highest BCUT2D eigenvalue weighted by Crippen LogP contribution is 2.34. The lowest BCUT2D eigenvalue weighted by Crippen LogP contribution is -2.15. The predicted octanol–water partition coefficient (Wildman–Crippen LogP) is 3.46. The number of aliphatic hydroxyl groups is 1. The lowest BCUT2D eigenvalue weighted by Gasteiger charge is -2.14. The second kappa shape index (κ2) is 6.37. The summed E-state index contributed by atoms with van der Waals surface area (Å²) in [7, 11) is 0. The largest absolute Gasteiger partial charge is 0.416 e. The first-order chi connectivity index (χ1) is 10.7. The minimum atomic E-state index is -4.61. The maximum atomic E-state index is 12.9. The molecule has 0 aliphatic heterocycles. The topological polar surface area (TPSA) is 62.2 Å². The van der Waals surface area contributed by atoms with E-state index in [1.54, 1.807) is 19.9 Å². The molecule has 0 unspecified atom stereocenters. The molecular weight excluding hydrogens is 309 g/mol. The van der Waals surface area contributed by atoms with E-state index in [2.05, 4.69) is 10.3 Å². The molecule has 7 heteroatoms. The van der Waals surface area contributed by atoms with Gasteiger partial charge in [0.25, 0.3) is 5.91 Å². The predicted molar refractivity (Wildman–Crippen MR) is 79.0 cm³/mol. The summed E-state index contributed by atoms with van der Waals surface area (Å²) >= 11 is 0. The zero-order chi connectivity index (χ0) is 17.2. The molecule has 0 saturated heterocycles. The van der Waals surface area contributed by atoms with Crippen LogP contribution in [-0.2, 0) is 12.8 Å². The second-order valence-electron chi connectivity index (χ2n) is 5.11. The Hall–Kier alpha value is -2.41. The third kappa shape index (κ3) is 3.87. The highest BCUT2D eigenvalue weighted by molar-refractivity contribution is 6.04. The number of nitrogens with one attached hydrogen (secondary N) is 1. The van der Waals surface area contributed by atoms with E-state index in [4.69, 9.17) is 5.11 Å². The second-order valence-corrected chi connectivity index (χ2v) is 5.11. The molecule has 0 spiro atoms. The number of pyridine rings is 1. The number of rotatable bonds is 3. The van der Waals surface area contributed by atoms with Crippen molar-refractivity contribution in [2.24, 2.45) is 0 Å². The first-order valence-electron chi connectivity index (χ1n) is 6.78. The minimum Gasteiger partial charge on any atom is -0.392 e. The van der Waals surface area contributed by atoms with E-state index in [0.717, 1.165) is 23.4 Å². The molecule has 2 N–H and O–H groups in total. The molecule has 0 saturated carbocycles. The number of anilines is 1. The number of amides is 1. The van der Waals surface area contributed by atoms with Crippen LogP contribution in [0.15, 0.2) is 30.5 Å². The normalized spacial score (nSPS) is 11.4. The van der Waals surface area contributed by atoms with E-state index in [0.29, 0.717) is 0 Å². The number of carbonyl (C=O) groups excluding carboxylic acids is 1. The Bertz CT molecular complexity index is 743. The van der Waals surface area contributed by atoms with Crippen molar-refractivity contribution in [1.82, 2.24) is 4.98 Å². The van der Waals surface area contributed by atoms with Gasteiger partial charge in [-0.1, -0.05) is 6.07 Å². The van der Waals surface area contributed by atoms with Crippen LogP contribution in [-0.4, -0.2) is 16.0 Å². The fraction of sp³-hybridized carbons (Fsp3) is 0.250. The Labute approximate surface area is 131 Å². The van der Waals surface area contributed by atoms with Gasteiger partial charge in [0.2, 0.25) is 0 Å². The number of aromatic nitrogens is 1. The van der Waals surface area contributed by atoms with Crippen molar-refractivity contribution in [1.29, 1.82) is 0 Å². The van der Waals surface area contributed by atoms with Crippen LogP contribution in [0.25, 0.3) is 0 Å². The molecule has 4 nitrogen and oxygen atoms in total. The van der Waals surface area contributed by atoms with E-state index in [9.17, 15) is 18.0 Å². The first-order valence-corrected chi connectivity index (χ1v) is 6.78. The lowest BCUT2D eigenvalue weighted by atomic mass is 10.1. The third-order valence-electron chi connectivity index (χ3n) is 3.45. The number of benzene rings is 1. The molecule has 0 aliphatic carbocycles. The zero-order valence-corrected chi connectivity index (χ0v) is 12.5. The standard InChI is InChI=1S/C16H15F3N2O2/c1-9-5-12(7-20-10(9)2)15(23)21-13-4-3-11(8-22)14(6-13)16(17,18)19/h3-7,22H,8H2,1-2H3,(H,21,23). The van der Waals surface area contributed by atoms with Gasteiger partial charge in [-0.3, -0.25) is 9.78 Å². The number of aryl methyl sites for hydroxylation is 2. The van der Waals surface area contributed by atoms with Gasteiger partial charge in [-0.2, -0.15) is 13.2 Å². The third-order valence-corrected chi connectivity index (χ3v) is 3.45. The molecule has 2 aromatic rings. The van der Waals surface area contributed by atoms with Gasteiger partial charge >= 0.3 is 6.18 Å². The highest BCUT2D eigenvalue weighted by Gasteiger charge is 2.33. The van der Waals surface area contributed by atoms with Gasteiger partial charge in [-0.05, 0) is 43.2 Å². The van der Waals surface area contributed by atoms with Crippen LogP contribution >= 0.6 is 0 Å². The number of hydrogen-bond donors (Lipinski definition) is 2. The molecule has 1 amide bonds. The summed E-state index contributed by atoms with van der Waals surface area (Å²) in [6.07, 6.45) is -3.24. The van der Waals surface area contributed by atoms with Crippen LogP contribution in [0, 0.1) is 13.8 Å². The number of carbonyl (C=O) groups is 1. The average Bonchev–Trinajstić information content (AvgIpc) is 2.49. The van der Waals surface area contributed by atoms with Crippen molar-refractivity contribution in [3.05, 3.63) is 58.4 Å². The van der Waals surface area contributed by atoms with Gasteiger partial charge in [0, 0.05) is 17.6 Å². The Kier molecular flexibility index (Phi) is 4.70. The Morgan fingerprint density at radius 3 is 2.52 bits per heavy atom. The van der Waals surface area contributed by atoms with Crippen LogP contribution in [0.3, 0.4) is 0 Å². The molecule has 0 radical (unpaired) electrons. The molecule has 23 heavy (non-hydrogen) atoms. The van der Waals surface area contributed by atoms with Gasteiger partial charge < -0.3 is 10.4 Å². The van der Waals surface area contributed by atoms with E-state index in [1.165, 1.54) is 12.3 Å². The van der Waals surface area contributed by atoms with Gasteiger partial charge in [-0.15, -0.1) is 0 Å². The van der Waals surface area contributed by atoms with Crippen molar-refractivity contribution < 1.29 is 23.1 Å². The monoisotopic (exact) mass is 324 g/mol. The van der Waals surface area contributed by atoms with Crippen LogP contribution in [0.5, 0.6) is 0 Å². The first kappa shape index (κ1) is 17.0. The maximum absolute atomic E-state index is 12.9. The van der Waals surface area contributed by atoms with Crippen molar-refractivity contribution in [3.8, 4) is 0 Å². The van der Waals surface area contributed by atoms with E-state index < -0.39 is 24.3 Å². The minimum absolute atomic E-state index is 0.00208. The van der Waals surface area contributed by atoms with Gasteiger partial charge in [0.1, 0.15) is 0 Å². The molecule has 0 bridgehead atoms. The molecule has 1 heterocycles. The van der Waals surface area contributed by atoms with E-state index in [-0.39, 0.29) is 16.8 Å². The van der Waals surface area contributed by atoms with Crippen LogP contribution in [0.1, 0.15) is 32.7 Å². The van der Waals surface area contributed by atoms with E-state index in [1.807, 2.05) is 0 Å². The smallest absolute Gasteiger partial charge is 0.392 e. The summed E-state index contributed by atoms with van der Waals surface area (Å²) in [4.78, 5) is 16.2.